The van der Waals surface area contributed by atoms with Gasteiger partial charge in [0.15, 0.2) is 0 Å². The lowest BCUT2D eigenvalue weighted by molar-refractivity contribution is 0.0698. The van der Waals surface area contributed by atoms with Crippen LogP contribution in [0.1, 0.15) is 23.2 Å². The molecule has 1 aromatic heterocycles. The lowest BCUT2D eigenvalue weighted by Gasteiger charge is -2.18. The molecule has 0 saturated heterocycles. The molecular formula is C13H19N3O3. The van der Waals surface area contributed by atoms with Gasteiger partial charge in [-0.05, 0) is 24.8 Å². The van der Waals surface area contributed by atoms with Gasteiger partial charge in [0, 0.05) is 20.2 Å². The highest BCUT2D eigenvalue weighted by molar-refractivity contribution is 5.94. The van der Waals surface area contributed by atoms with Gasteiger partial charge in [-0.3, -0.25) is 0 Å². The molecule has 19 heavy (non-hydrogen) atoms. The number of carboxylic acids is 1. The molecule has 1 aliphatic rings. The smallest absolute Gasteiger partial charge is 0.337 e. The summed E-state index contributed by atoms with van der Waals surface area (Å²) >= 11 is 0. The predicted octanol–water partition coefficient (Wildman–Crippen LogP) is 1.22. The molecule has 1 fully saturated rings. The molecule has 0 unspecified atom stereocenters. The summed E-state index contributed by atoms with van der Waals surface area (Å²) in [4.78, 5) is 17.0. The van der Waals surface area contributed by atoms with E-state index in [1.165, 1.54) is 25.1 Å². The van der Waals surface area contributed by atoms with Gasteiger partial charge >= 0.3 is 5.97 Å². The molecule has 0 aromatic carbocycles. The average molecular weight is 265 g/mol. The number of nitrogen functional groups attached to an aromatic ring is 1. The highest BCUT2D eigenvalue weighted by atomic mass is 16.5. The Balaban J connectivity index is 1.88. The van der Waals surface area contributed by atoms with Gasteiger partial charge in [-0.25, -0.2) is 9.78 Å². The number of pyridine rings is 1. The molecule has 6 nitrogen and oxygen atoms in total. The van der Waals surface area contributed by atoms with Crippen LogP contribution in [0.3, 0.4) is 0 Å². The molecule has 0 radical (unpaired) electrons. The van der Waals surface area contributed by atoms with E-state index in [4.69, 9.17) is 15.6 Å². The number of carbonyl (C=O) groups is 1. The summed E-state index contributed by atoms with van der Waals surface area (Å²) in [6, 6.07) is 1.48. The zero-order valence-electron chi connectivity index (χ0n) is 11.0. The number of carboxylic acid groups (broad SMARTS) is 1. The Morgan fingerprint density at radius 1 is 1.63 bits per heavy atom. The minimum Gasteiger partial charge on any atom is -0.478 e. The number of aromatic carboxylic acids is 1. The summed E-state index contributed by atoms with van der Waals surface area (Å²) in [5, 5.41) is 9.00. The van der Waals surface area contributed by atoms with Crippen LogP contribution in [0.5, 0.6) is 0 Å². The van der Waals surface area contributed by atoms with Crippen molar-refractivity contribution in [3.63, 3.8) is 0 Å². The van der Waals surface area contributed by atoms with E-state index in [-0.39, 0.29) is 11.3 Å². The third-order valence-electron chi connectivity index (χ3n) is 3.16. The summed E-state index contributed by atoms with van der Waals surface area (Å²) in [5.41, 5.74) is 5.82. The molecule has 1 aromatic rings. The summed E-state index contributed by atoms with van der Waals surface area (Å²) in [6.45, 7) is 2.10. The Morgan fingerprint density at radius 3 is 3.00 bits per heavy atom. The largest absolute Gasteiger partial charge is 0.478 e. The SMILES string of the molecule is CN(CCOCC1CC1)c1cc(C(=O)O)c(N)cn1. The van der Waals surface area contributed by atoms with Gasteiger partial charge in [-0.1, -0.05) is 0 Å². The number of nitrogens with zero attached hydrogens (tertiary/aromatic N) is 2. The number of likely N-dealkylation sites (N-methyl/N-ethyl adjacent to an activating group) is 1. The minimum atomic E-state index is -1.04. The van der Waals surface area contributed by atoms with E-state index in [0.29, 0.717) is 19.0 Å². The van der Waals surface area contributed by atoms with Crippen molar-refractivity contribution in [3.8, 4) is 0 Å². The Bertz CT molecular complexity index is 460. The first-order valence-corrected chi connectivity index (χ1v) is 6.35. The van der Waals surface area contributed by atoms with Crippen LogP contribution in [0.15, 0.2) is 12.3 Å². The van der Waals surface area contributed by atoms with Crippen molar-refractivity contribution in [1.82, 2.24) is 4.98 Å². The number of hydrogen-bond acceptors (Lipinski definition) is 5. The zero-order chi connectivity index (χ0) is 13.8. The van der Waals surface area contributed by atoms with E-state index in [1.807, 2.05) is 11.9 Å². The molecule has 0 bridgehead atoms. The van der Waals surface area contributed by atoms with Gasteiger partial charge < -0.3 is 20.5 Å². The average Bonchev–Trinajstić information content (AvgIpc) is 3.18. The Morgan fingerprint density at radius 2 is 2.37 bits per heavy atom. The first-order valence-electron chi connectivity index (χ1n) is 6.35. The van der Waals surface area contributed by atoms with E-state index >= 15 is 0 Å². The normalized spacial score (nSPS) is 14.4. The number of nitrogens with two attached hydrogens (primary N) is 1. The van der Waals surface area contributed by atoms with E-state index in [2.05, 4.69) is 4.98 Å². The second-order valence-corrected chi connectivity index (χ2v) is 4.87. The van der Waals surface area contributed by atoms with Crippen molar-refractivity contribution in [2.45, 2.75) is 12.8 Å². The van der Waals surface area contributed by atoms with Gasteiger partial charge in [-0.15, -0.1) is 0 Å². The maximum absolute atomic E-state index is 11.0. The maximum Gasteiger partial charge on any atom is 0.337 e. The van der Waals surface area contributed by atoms with Crippen molar-refractivity contribution >= 4 is 17.5 Å². The number of anilines is 2. The Labute approximate surface area is 112 Å². The number of rotatable bonds is 7. The van der Waals surface area contributed by atoms with Crippen molar-refractivity contribution in [3.05, 3.63) is 17.8 Å². The van der Waals surface area contributed by atoms with Crippen LogP contribution in [0.25, 0.3) is 0 Å². The summed E-state index contributed by atoms with van der Waals surface area (Å²) in [7, 11) is 1.85. The van der Waals surface area contributed by atoms with Gasteiger partial charge in [0.2, 0.25) is 0 Å². The molecular weight excluding hydrogens is 246 g/mol. The molecule has 0 aliphatic heterocycles. The molecule has 1 saturated carbocycles. The molecule has 0 amide bonds. The third-order valence-corrected chi connectivity index (χ3v) is 3.16. The number of aromatic nitrogens is 1. The van der Waals surface area contributed by atoms with Crippen molar-refractivity contribution < 1.29 is 14.6 Å². The topological polar surface area (TPSA) is 88.7 Å². The molecule has 1 heterocycles. The van der Waals surface area contributed by atoms with Crippen molar-refractivity contribution in [2.24, 2.45) is 5.92 Å². The van der Waals surface area contributed by atoms with Crippen LogP contribution in [-0.2, 0) is 4.74 Å². The highest BCUT2D eigenvalue weighted by Gasteiger charge is 2.21. The minimum absolute atomic E-state index is 0.0794. The molecule has 2 rings (SSSR count). The van der Waals surface area contributed by atoms with E-state index in [9.17, 15) is 4.79 Å². The summed E-state index contributed by atoms with van der Waals surface area (Å²) in [5.74, 6) is 0.291. The lowest BCUT2D eigenvalue weighted by atomic mass is 10.2. The van der Waals surface area contributed by atoms with Crippen LogP contribution in [-0.4, -0.2) is 42.9 Å². The molecule has 6 heteroatoms. The fourth-order valence-electron chi connectivity index (χ4n) is 1.70. The van der Waals surface area contributed by atoms with Gasteiger partial charge in [-0.2, -0.15) is 0 Å². The number of ether oxygens (including phenoxy) is 1. The first kappa shape index (κ1) is 13.6. The monoisotopic (exact) mass is 265 g/mol. The van der Waals surface area contributed by atoms with E-state index < -0.39 is 5.97 Å². The molecule has 3 N–H and O–H groups in total. The van der Waals surface area contributed by atoms with Crippen LogP contribution >= 0.6 is 0 Å². The van der Waals surface area contributed by atoms with Crippen molar-refractivity contribution in [1.29, 1.82) is 0 Å². The summed E-state index contributed by atoms with van der Waals surface area (Å²) in [6.07, 6.45) is 3.93. The third kappa shape index (κ3) is 3.82. The standard InChI is InChI=1S/C13H19N3O3/c1-16(4-5-19-8-9-2-3-9)12-6-10(13(17)18)11(14)7-15-12/h6-7,9H,2-5,8,14H2,1H3,(H,17,18). The molecule has 1 aliphatic carbocycles. The Kier molecular flexibility index (Phi) is 4.21. The highest BCUT2D eigenvalue weighted by Crippen LogP contribution is 2.28. The van der Waals surface area contributed by atoms with E-state index in [1.54, 1.807) is 0 Å². The molecule has 0 atom stereocenters. The van der Waals surface area contributed by atoms with Crippen LogP contribution < -0.4 is 10.6 Å². The molecule has 104 valence electrons. The lowest BCUT2D eigenvalue weighted by Crippen LogP contribution is -2.24. The fourth-order valence-corrected chi connectivity index (χ4v) is 1.70. The fraction of sp³-hybridized carbons (Fsp3) is 0.538. The number of hydrogen-bond donors (Lipinski definition) is 2. The van der Waals surface area contributed by atoms with Gasteiger partial charge in [0.1, 0.15) is 5.82 Å². The molecule has 0 spiro atoms. The predicted molar refractivity (Wildman–Crippen MR) is 72.4 cm³/mol. The van der Waals surface area contributed by atoms with Crippen LogP contribution in [0, 0.1) is 5.92 Å². The Hall–Kier alpha value is -1.82. The second-order valence-electron chi connectivity index (χ2n) is 4.87. The van der Waals surface area contributed by atoms with Gasteiger partial charge in [0.25, 0.3) is 0 Å². The quantitative estimate of drug-likeness (QED) is 0.721. The maximum atomic E-state index is 11.0. The van der Waals surface area contributed by atoms with Crippen molar-refractivity contribution in [2.75, 3.05) is 37.4 Å². The zero-order valence-corrected chi connectivity index (χ0v) is 11.0. The van der Waals surface area contributed by atoms with E-state index in [0.717, 1.165) is 12.5 Å². The second kappa shape index (κ2) is 5.88. The first-order chi connectivity index (χ1) is 9.08. The summed E-state index contributed by atoms with van der Waals surface area (Å²) < 4.78 is 5.54. The van der Waals surface area contributed by atoms with Crippen LogP contribution in [0.4, 0.5) is 11.5 Å². The van der Waals surface area contributed by atoms with Gasteiger partial charge in [0.05, 0.1) is 24.1 Å². The van der Waals surface area contributed by atoms with Crippen LogP contribution in [0.2, 0.25) is 0 Å².